The minimum atomic E-state index is -0.894. The van der Waals surface area contributed by atoms with E-state index in [1.165, 1.54) is 16.9 Å². The summed E-state index contributed by atoms with van der Waals surface area (Å²) in [7, 11) is 1.72. The molecule has 0 amide bonds. The summed E-state index contributed by atoms with van der Waals surface area (Å²) in [5.74, 6) is 0.390. The standard InChI is InChI=1S/C20H27N5O2S/c1-12(2)13-7-9-14(10-8-13)16-17(22-20(3,4)5)25-18(21-16)28-19(23-25)24(6)11-15(26)27/h7-10,12,22H,11H2,1-6H3,(H,26,27). The van der Waals surface area contributed by atoms with Gasteiger partial charge in [-0.1, -0.05) is 49.4 Å². The van der Waals surface area contributed by atoms with Gasteiger partial charge in [-0.15, -0.1) is 5.10 Å². The molecular weight excluding hydrogens is 374 g/mol. The Morgan fingerprint density at radius 3 is 2.46 bits per heavy atom. The Hall–Kier alpha value is -2.61. The first-order valence-electron chi connectivity index (χ1n) is 9.26. The fourth-order valence-corrected chi connectivity index (χ4v) is 3.72. The van der Waals surface area contributed by atoms with E-state index in [0.717, 1.165) is 22.0 Å². The Balaban J connectivity index is 2.07. The van der Waals surface area contributed by atoms with Crippen LogP contribution in [-0.4, -0.2) is 44.8 Å². The quantitative estimate of drug-likeness (QED) is 0.640. The van der Waals surface area contributed by atoms with Crippen molar-refractivity contribution in [3.63, 3.8) is 0 Å². The average Bonchev–Trinajstić information content (AvgIpc) is 3.13. The molecule has 7 nitrogen and oxygen atoms in total. The van der Waals surface area contributed by atoms with Gasteiger partial charge in [0.1, 0.15) is 12.2 Å². The van der Waals surface area contributed by atoms with Gasteiger partial charge < -0.3 is 15.3 Å². The molecule has 0 saturated heterocycles. The smallest absolute Gasteiger partial charge is 0.323 e. The third-order valence-corrected chi connectivity index (χ3v) is 5.26. The van der Waals surface area contributed by atoms with Gasteiger partial charge in [0.05, 0.1) is 0 Å². The number of aliphatic carboxylic acids is 1. The lowest BCUT2D eigenvalue weighted by Crippen LogP contribution is -2.27. The number of likely N-dealkylation sites (N-methyl/N-ethyl adjacent to an activating group) is 1. The summed E-state index contributed by atoms with van der Waals surface area (Å²) in [6.45, 7) is 10.5. The van der Waals surface area contributed by atoms with E-state index in [2.05, 4.69) is 69.3 Å². The molecule has 0 aliphatic heterocycles. The van der Waals surface area contributed by atoms with Crippen LogP contribution in [0.2, 0.25) is 0 Å². The summed E-state index contributed by atoms with van der Waals surface area (Å²) in [5, 5.41) is 17.8. The molecule has 28 heavy (non-hydrogen) atoms. The highest BCUT2D eigenvalue weighted by Gasteiger charge is 2.23. The van der Waals surface area contributed by atoms with E-state index in [0.29, 0.717) is 11.0 Å². The normalized spacial score (nSPS) is 12.0. The molecule has 150 valence electrons. The predicted octanol–water partition coefficient (Wildman–Crippen LogP) is 4.31. The number of nitrogens with one attached hydrogen (secondary N) is 1. The first-order chi connectivity index (χ1) is 13.0. The molecule has 0 fully saturated rings. The second-order valence-electron chi connectivity index (χ2n) is 8.29. The van der Waals surface area contributed by atoms with E-state index in [1.54, 1.807) is 16.5 Å². The van der Waals surface area contributed by atoms with Gasteiger partial charge in [-0.2, -0.15) is 4.52 Å². The number of carbonyl (C=O) groups is 1. The largest absolute Gasteiger partial charge is 0.480 e. The lowest BCUT2D eigenvalue weighted by molar-refractivity contribution is -0.135. The Labute approximate surface area is 169 Å². The van der Waals surface area contributed by atoms with Crippen LogP contribution in [0.3, 0.4) is 0 Å². The van der Waals surface area contributed by atoms with Crippen LogP contribution in [0.4, 0.5) is 10.9 Å². The number of hydrogen-bond acceptors (Lipinski definition) is 6. The van der Waals surface area contributed by atoms with E-state index < -0.39 is 5.97 Å². The van der Waals surface area contributed by atoms with E-state index in [-0.39, 0.29) is 12.1 Å². The third kappa shape index (κ3) is 4.27. The first kappa shape index (κ1) is 20.1. The molecule has 8 heteroatoms. The van der Waals surface area contributed by atoms with Crippen LogP contribution in [0.15, 0.2) is 24.3 Å². The van der Waals surface area contributed by atoms with Crippen LogP contribution >= 0.6 is 11.3 Å². The summed E-state index contributed by atoms with van der Waals surface area (Å²) < 4.78 is 1.77. The van der Waals surface area contributed by atoms with Gasteiger partial charge in [0, 0.05) is 18.2 Å². The van der Waals surface area contributed by atoms with Crippen molar-refractivity contribution in [3.8, 4) is 11.3 Å². The lowest BCUT2D eigenvalue weighted by atomic mass is 10.0. The van der Waals surface area contributed by atoms with Crippen molar-refractivity contribution in [2.75, 3.05) is 23.8 Å². The molecule has 0 unspecified atom stereocenters. The van der Waals surface area contributed by atoms with E-state index >= 15 is 0 Å². The number of benzene rings is 1. The summed E-state index contributed by atoms with van der Waals surface area (Å²) in [4.78, 5) is 18.1. The van der Waals surface area contributed by atoms with Gasteiger partial charge in [0.25, 0.3) is 0 Å². The average molecular weight is 402 g/mol. The number of fused-ring (bicyclic) bond motifs is 1. The maximum atomic E-state index is 11.0. The lowest BCUT2D eigenvalue weighted by Gasteiger charge is -2.22. The number of imidazole rings is 1. The molecule has 2 heterocycles. The van der Waals surface area contributed by atoms with Gasteiger partial charge in [-0.25, -0.2) is 4.98 Å². The van der Waals surface area contributed by atoms with Crippen molar-refractivity contribution >= 4 is 33.2 Å². The minimum Gasteiger partial charge on any atom is -0.480 e. The molecule has 1 aromatic carbocycles. The Morgan fingerprint density at radius 2 is 1.93 bits per heavy atom. The maximum Gasteiger partial charge on any atom is 0.323 e. The Morgan fingerprint density at radius 1 is 1.29 bits per heavy atom. The number of aromatic nitrogens is 3. The minimum absolute atomic E-state index is 0.109. The van der Waals surface area contributed by atoms with Gasteiger partial charge in [0.2, 0.25) is 10.1 Å². The second kappa shape index (κ2) is 7.43. The monoisotopic (exact) mass is 401 g/mol. The van der Waals surface area contributed by atoms with Gasteiger partial charge in [-0.05, 0) is 32.3 Å². The number of carboxylic acid groups (broad SMARTS) is 1. The van der Waals surface area contributed by atoms with Crippen molar-refractivity contribution in [1.82, 2.24) is 14.6 Å². The fourth-order valence-electron chi connectivity index (χ4n) is 2.86. The third-order valence-electron chi connectivity index (χ3n) is 4.24. The number of carboxylic acids is 1. The van der Waals surface area contributed by atoms with Gasteiger partial charge in [-0.3, -0.25) is 4.79 Å². The molecule has 0 radical (unpaired) electrons. The van der Waals surface area contributed by atoms with E-state index in [9.17, 15) is 4.79 Å². The molecule has 0 aliphatic carbocycles. The first-order valence-corrected chi connectivity index (χ1v) is 10.1. The topological polar surface area (TPSA) is 82.8 Å². The zero-order chi connectivity index (χ0) is 20.6. The van der Waals surface area contributed by atoms with Crippen LogP contribution in [0.5, 0.6) is 0 Å². The SMILES string of the molecule is CC(C)c1ccc(-c2nc3sc(N(C)CC(=O)O)nn3c2NC(C)(C)C)cc1. The molecule has 0 bridgehead atoms. The molecule has 0 saturated carbocycles. The fraction of sp³-hybridized carbons (Fsp3) is 0.450. The molecule has 0 aliphatic rings. The van der Waals surface area contributed by atoms with Crippen molar-refractivity contribution in [2.45, 2.75) is 46.1 Å². The van der Waals surface area contributed by atoms with Gasteiger partial charge in [0.15, 0.2) is 5.82 Å². The Kier molecular flexibility index (Phi) is 5.34. The molecule has 3 rings (SSSR count). The number of hydrogen-bond donors (Lipinski definition) is 2. The molecular formula is C20H27N5O2S. The van der Waals surface area contributed by atoms with Crippen molar-refractivity contribution < 1.29 is 9.90 Å². The highest BCUT2D eigenvalue weighted by Crippen LogP contribution is 2.35. The van der Waals surface area contributed by atoms with Gasteiger partial charge >= 0.3 is 5.97 Å². The van der Waals surface area contributed by atoms with Crippen molar-refractivity contribution in [1.29, 1.82) is 0 Å². The Bertz CT molecular complexity index is 983. The van der Waals surface area contributed by atoms with Crippen LogP contribution in [0.1, 0.15) is 46.1 Å². The molecule has 3 aromatic rings. The molecule has 2 aromatic heterocycles. The summed E-state index contributed by atoms with van der Waals surface area (Å²) >= 11 is 1.37. The zero-order valence-electron chi connectivity index (χ0n) is 17.1. The van der Waals surface area contributed by atoms with Crippen LogP contribution in [-0.2, 0) is 4.79 Å². The van der Waals surface area contributed by atoms with E-state index in [1.807, 2.05) is 0 Å². The summed E-state index contributed by atoms with van der Waals surface area (Å²) in [6, 6.07) is 8.45. The second-order valence-corrected chi connectivity index (χ2v) is 9.22. The van der Waals surface area contributed by atoms with Crippen LogP contribution < -0.4 is 10.2 Å². The number of nitrogens with zero attached hydrogens (tertiary/aromatic N) is 4. The highest BCUT2D eigenvalue weighted by atomic mass is 32.1. The summed E-state index contributed by atoms with van der Waals surface area (Å²) in [5.41, 5.74) is 2.97. The van der Waals surface area contributed by atoms with Crippen molar-refractivity contribution in [2.24, 2.45) is 0 Å². The summed E-state index contributed by atoms with van der Waals surface area (Å²) in [6.07, 6.45) is 0. The number of anilines is 2. The molecule has 2 N–H and O–H groups in total. The van der Waals surface area contributed by atoms with E-state index in [4.69, 9.17) is 10.1 Å². The zero-order valence-corrected chi connectivity index (χ0v) is 18.0. The van der Waals surface area contributed by atoms with Crippen LogP contribution in [0.25, 0.3) is 16.2 Å². The maximum absolute atomic E-state index is 11.0. The predicted molar refractivity (Wildman–Crippen MR) is 115 cm³/mol. The molecule has 0 spiro atoms. The number of rotatable bonds is 6. The molecule has 0 atom stereocenters. The van der Waals surface area contributed by atoms with Crippen molar-refractivity contribution in [3.05, 3.63) is 29.8 Å². The van der Waals surface area contributed by atoms with Crippen LogP contribution in [0, 0.1) is 0 Å². The highest BCUT2D eigenvalue weighted by molar-refractivity contribution is 7.20.